The Morgan fingerprint density at radius 1 is 1.41 bits per heavy atom. The number of halogens is 5. The highest BCUT2D eigenvalue weighted by Crippen LogP contribution is 2.47. The molecule has 1 amide bonds. The molecule has 0 aliphatic heterocycles. The van der Waals surface area contributed by atoms with Gasteiger partial charge in [-0.05, 0) is 43.3 Å². The van der Waals surface area contributed by atoms with Gasteiger partial charge in [-0.25, -0.2) is 14.1 Å². The first-order chi connectivity index (χ1) is 13.6. The van der Waals surface area contributed by atoms with Gasteiger partial charge in [0.2, 0.25) is 0 Å². The van der Waals surface area contributed by atoms with E-state index in [1.807, 2.05) is 0 Å². The van der Waals surface area contributed by atoms with E-state index in [4.69, 9.17) is 16.9 Å². The summed E-state index contributed by atoms with van der Waals surface area (Å²) in [5.41, 5.74) is -2.34. The van der Waals surface area contributed by atoms with Gasteiger partial charge in [-0.15, -0.1) is 0 Å². The van der Waals surface area contributed by atoms with Crippen molar-refractivity contribution < 1.29 is 22.4 Å². The molecule has 2 aromatic rings. The molecule has 3 rings (SSSR count). The maximum Gasteiger partial charge on any atom is 0.407 e. The lowest BCUT2D eigenvalue weighted by Gasteiger charge is -2.43. The van der Waals surface area contributed by atoms with Crippen molar-refractivity contribution >= 4 is 35.1 Å². The summed E-state index contributed by atoms with van der Waals surface area (Å²) >= 11 is 6.27. The molecular weight excluding hydrogens is 434 g/mol. The second kappa shape index (κ2) is 7.85. The van der Waals surface area contributed by atoms with E-state index in [9.17, 15) is 22.4 Å². The molecule has 0 atom stereocenters. The Kier molecular flexibility index (Phi) is 5.80. The second-order valence-electron chi connectivity index (χ2n) is 6.53. The van der Waals surface area contributed by atoms with Gasteiger partial charge in [0.1, 0.15) is 28.1 Å². The number of carbonyl (C=O) groups excluding carboxylic acids is 1. The monoisotopic (exact) mass is 447 g/mol. The molecule has 0 radical (unpaired) electrons. The lowest BCUT2D eigenvalue weighted by atomic mass is 9.77. The summed E-state index contributed by atoms with van der Waals surface area (Å²) in [5, 5.41) is 11.3. The van der Waals surface area contributed by atoms with E-state index in [-0.39, 0.29) is 40.0 Å². The Morgan fingerprint density at radius 2 is 2.10 bits per heavy atom. The zero-order valence-electron chi connectivity index (χ0n) is 14.9. The van der Waals surface area contributed by atoms with Crippen LogP contribution in [0.2, 0.25) is 5.15 Å². The molecule has 0 saturated heterocycles. The first-order valence-corrected chi connectivity index (χ1v) is 9.50. The first-order valence-electron chi connectivity index (χ1n) is 8.31. The molecule has 2 heterocycles. The molecule has 12 heteroatoms. The molecule has 29 heavy (non-hydrogen) atoms. The first kappa shape index (κ1) is 21.4. The van der Waals surface area contributed by atoms with Crippen molar-refractivity contribution in [2.24, 2.45) is 7.05 Å². The highest BCUT2D eigenvalue weighted by Gasteiger charge is 2.58. The van der Waals surface area contributed by atoms with Crippen molar-refractivity contribution in [3.8, 4) is 6.07 Å². The minimum absolute atomic E-state index is 0.0369. The fourth-order valence-corrected chi connectivity index (χ4v) is 4.07. The fourth-order valence-electron chi connectivity index (χ4n) is 2.84. The van der Waals surface area contributed by atoms with Crippen LogP contribution >= 0.6 is 23.5 Å². The standard InChI is InChI=1S/C17H14ClF4N5OS/c1-27-8-11(29-26-16(3-2-4-16)17(20,21)22)13(19)14(27)15(28)25-9-5-10(7-23)24-12(18)6-9/h5-6,8,26H,2-4H2,1H3,(H,24,25,28). The van der Waals surface area contributed by atoms with Crippen molar-refractivity contribution in [3.63, 3.8) is 0 Å². The third-order valence-corrected chi connectivity index (χ3v) is 5.77. The summed E-state index contributed by atoms with van der Waals surface area (Å²) in [6.45, 7) is 0. The Balaban J connectivity index is 1.78. The summed E-state index contributed by atoms with van der Waals surface area (Å²) in [6.07, 6.45) is -2.98. The summed E-state index contributed by atoms with van der Waals surface area (Å²) in [6, 6.07) is 4.31. The smallest absolute Gasteiger partial charge is 0.343 e. The number of pyridine rings is 1. The predicted molar refractivity (Wildman–Crippen MR) is 98.9 cm³/mol. The van der Waals surface area contributed by atoms with E-state index in [0.29, 0.717) is 18.4 Å². The van der Waals surface area contributed by atoms with Gasteiger partial charge in [0, 0.05) is 18.9 Å². The molecule has 1 aliphatic carbocycles. The van der Waals surface area contributed by atoms with Crippen molar-refractivity contribution in [3.05, 3.63) is 40.7 Å². The lowest BCUT2D eigenvalue weighted by Crippen LogP contribution is -2.59. The largest absolute Gasteiger partial charge is 0.407 e. The molecule has 0 unspecified atom stereocenters. The van der Waals surface area contributed by atoms with Gasteiger partial charge in [-0.1, -0.05) is 11.6 Å². The van der Waals surface area contributed by atoms with Crippen LogP contribution in [0.4, 0.5) is 23.2 Å². The number of nitrogens with zero attached hydrogens (tertiary/aromatic N) is 3. The number of alkyl halides is 3. The van der Waals surface area contributed by atoms with Gasteiger partial charge in [-0.2, -0.15) is 18.4 Å². The second-order valence-corrected chi connectivity index (χ2v) is 7.77. The number of nitrogens with one attached hydrogen (secondary N) is 2. The normalized spacial score (nSPS) is 15.5. The van der Waals surface area contributed by atoms with Crippen LogP contribution in [0.15, 0.2) is 23.2 Å². The fraction of sp³-hybridized carbons (Fsp3) is 0.353. The van der Waals surface area contributed by atoms with Crippen LogP contribution in [0.5, 0.6) is 0 Å². The molecule has 1 aliphatic rings. The topological polar surface area (TPSA) is 82.7 Å². The molecule has 154 valence electrons. The molecule has 0 spiro atoms. The Morgan fingerprint density at radius 3 is 2.66 bits per heavy atom. The van der Waals surface area contributed by atoms with Gasteiger partial charge in [0.25, 0.3) is 5.91 Å². The number of hydrogen-bond acceptors (Lipinski definition) is 5. The van der Waals surface area contributed by atoms with E-state index in [1.54, 1.807) is 6.07 Å². The number of aryl methyl sites for hydroxylation is 1. The molecule has 1 saturated carbocycles. The van der Waals surface area contributed by atoms with Gasteiger partial charge in [0.05, 0.1) is 4.90 Å². The third kappa shape index (κ3) is 4.19. The lowest BCUT2D eigenvalue weighted by molar-refractivity contribution is -0.211. The van der Waals surface area contributed by atoms with Crippen LogP contribution in [0, 0.1) is 17.1 Å². The van der Waals surface area contributed by atoms with Crippen molar-refractivity contribution in [1.29, 1.82) is 5.26 Å². The summed E-state index contributed by atoms with van der Waals surface area (Å²) in [7, 11) is 1.39. The van der Waals surface area contributed by atoms with Crippen LogP contribution in [0.25, 0.3) is 0 Å². The number of hydrogen-bond donors (Lipinski definition) is 2. The Bertz CT molecular complexity index is 997. The van der Waals surface area contributed by atoms with E-state index >= 15 is 0 Å². The van der Waals surface area contributed by atoms with Crippen molar-refractivity contribution in [2.75, 3.05) is 5.32 Å². The van der Waals surface area contributed by atoms with Gasteiger partial charge in [-0.3, -0.25) is 4.79 Å². The van der Waals surface area contributed by atoms with Crippen LogP contribution in [0.1, 0.15) is 35.4 Å². The van der Waals surface area contributed by atoms with Crippen LogP contribution in [0.3, 0.4) is 0 Å². The van der Waals surface area contributed by atoms with Crippen LogP contribution in [-0.2, 0) is 7.05 Å². The van der Waals surface area contributed by atoms with E-state index in [1.165, 1.54) is 29.9 Å². The number of amides is 1. The summed E-state index contributed by atoms with van der Waals surface area (Å²) in [4.78, 5) is 16.1. The van der Waals surface area contributed by atoms with Crippen LogP contribution in [-0.4, -0.2) is 27.2 Å². The summed E-state index contributed by atoms with van der Waals surface area (Å²) in [5.74, 6) is -1.81. The number of carbonyl (C=O) groups is 1. The molecule has 2 aromatic heterocycles. The Labute approximate surface area is 172 Å². The van der Waals surface area contributed by atoms with E-state index in [0.717, 1.165) is 0 Å². The van der Waals surface area contributed by atoms with E-state index < -0.39 is 23.4 Å². The van der Waals surface area contributed by atoms with E-state index in [2.05, 4.69) is 15.0 Å². The zero-order chi connectivity index (χ0) is 21.4. The minimum Gasteiger partial charge on any atom is -0.343 e. The maximum absolute atomic E-state index is 14.8. The summed E-state index contributed by atoms with van der Waals surface area (Å²) < 4.78 is 57.9. The molecule has 0 bridgehead atoms. The number of nitriles is 1. The average molecular weight is 448 g/mol. The van der Waals surface area contributed by atoms with Gasteiger partial charge < -0.3 is 9.88 Å². The molecular formula is C17H14ClF4N5OS. The highest BCUT2D eigenvalue weighted by atomic mass is 35.5. The SMILES string of the molecule is Cn1cc(SNC2(C(F)(F)F)CCC2)c(F)c1C(=O)Nc1cc(Cl)nc(C#N)c1. The third-order valence-electron chi connectivity index (χ3n) is 4.58. The molecule has 6 nitrogen and oxygen atoms in total. The number of aromatic nitrogens is 2. The number of anilines is 1. The highest BCUT2D eigenvalue weighted by molar-refractivity contribution is 7.97. The van der Waals surface area contributed by atoms with Crippen LogP contribution < -0.4 is 10.0 Å². The maximum atomic E-state index is 14.8. The van der Waals surface area contributed by atoms with Crippen molar-refractivity contribution in [1.82, 2.24) is 14.3 Å². The predicted octanol–water partition coefficient (Wildman–Crippen LogP) is 4.42. The Hall–Kier alpha value is -2.29. The molecule has 2 N–H and O–H groups in total. The average Bonchev–Trinajstić information content (AvgIpc) is 2.85. The minimum atomic E-state index is -4.46. The van der Waals surface area contributed by atoms with Crippen molar-refractivity contribution in [2.45, 2.75) is 35.9 Å². The zero-order valence-corrected chi connectivity index (χ0v) is 16.5. The van der Waals surface area contributed by atoms with Gasteiger partial charge >= 0.3 is 6.18 Å². The molecule has 1 fully saturated rings. The number of rotatable bonds is 5. The molecule has 0 aromatic carbocycles. The van der Waals surface area contributed by atoms with Gasteiger partial charge in [0.15, 0.2) is 5.82 Å². The quantitative estimate of drug-likeness (QED) is 0.403.